The zero-order valence-corrected chi connectivity index (χ0v) is 19.1. The van der Waals surface area contributed by atoms with Crippen LogP contribution in [-0.2, 0) is 14.4 Å². The van der Waals surface area contributed by atoms with E-state index in [1.165, 1.54) is 0 Å². The Morgan fingerprint density at radius 2 is 1.53 bits per heavy atom. The van der Waals surface area contributed by atoms with Crippen LogP contribution in [0.1, 0.15) is 11.6 Å². The van der Waals surface area contributed by atoms with Crippen molar-refractivity contribution in [2.75, 3.05) is 9.96 Å². The van der Waals surface area contributed by atoms with Crippen LogP contribution < -0.4 is 9.96 Å². The number of fused-ring (bicyclic) bond motifs is 2. The van der Waals surface area contributed by atoms with Gasteiger partial charge < -0.3 is 0 Å². The molecular formula is C26H17Cl2N3O3. The summed E-state index contributed by atoms with van der Waals surface area (Å²) in [7, 11) is 0. The topological polar surface area (TPSA) is 62.7 Å². The van der Waals surface area contributed by atoms with Crippen LogP contribution in [0.5, 0.6) is 0 Å². The van der Waals surface area contributed by atoms with Gasteiger partial charge in [0.15, 0.2) is 6.10 Å². The Morgan fingerprint density at radius 3 is 2.32 bits per heavy atom. The highest BCUT2D eigenvalue weighted by atomic mass is 35.5. The summed E-state index contributed by atoms with van der Waals surface area (Å²) in [6.07, 6.45) is -1.00. The molecule has 3 aromatic carbocycles. The lowest BCUT2D eigenvalue weighted by Gasteiger charge is -2.29. The molecule has 0 aliphatic carbocycles. The number of para-hydroxylation sites is 2. The summed E-state index contributed by atoms with van der Waals surface area (Å²) in [6, 6.07) is 24.9. The number of carbonyl (C=O) groups is 2. The molecule has 3 unspecified atom stereocenters. The zero-order chi connectivity index (χ0) is 23.4. The minimum atomic E-state index is -1.00. The Labute approximate surface area is 205 Å². The smallest absolute Gasteiger partial charge is 0.266 e. The number of benzene rings is 3. The van der Waals surface area contributed by atoms with E-state index < -0.39 is 24.0 Å². The fourth-order valence-electron chi connectivity index (χ4n) is 4.72. The number of nitrogens with zero attached hydrogens (tertiary/aromatic N) is 3. The third kappa shape index (κ3) is 3.26. The summed E-state index contributed by atoms with van der Waals surface area (Å²) < 4.78 is 0. The van der Waals surface area contributed by atoms with Crippen molar-refractivity contribution in [3.05, 3.63) is 101 Å². The molecule has 0 radical (unpaired) electrons. The van der Waals surface area contributed by atoms with Crippen LogP contribution in [0.15, 0.2) is 84.9 Å². The predicted molar refractivity (Wildman–Crippen MR) is 131 cm³/mol. The van der Waals surface area contributed by atoms with Gasteiger partial charge in [-0.3, -0.25) is 14.4 Å². The van der Waals surface area contributed by atoms with Gasteiger partial charge >= 0.3 is 0 Å². The fraction of sp³-hybridized carbons (Fsp3) is 0.115. The molecule has 2 saturated heterocycles. The summed E-state index contributed by atoms with van der Waals surface area (Å²) >= 11 is 12.8. The van der Waals surface area contributed by atoms with Gasteiger partial charge in [0, 0.05) is 16.0 Å². The molecule has 34 heavy (non-hydrogen) atoms. The number of imide groups is 1. The first-order valence-corrected chi connectivity index (χ1v) is 11.5. The third-order valence-corrected chi connectivity index (χ3v) is 6.75. The molecule has 3 heterocycles. The summed E-state index contributed by atoms with van der Waals surface area (Å²) in [5.74, 6) is -1.62. The van der Waals surface area contributed by atoms with Crippen molar-refractivity contribution in [2.24, 2.45) is 5.92 Å². The standard InChI is InChI=1S/C26H17Cl2N3O3/c27-16-8-6-11-18(14-16)30-25(32)21-22(19-13-15-7-4-5-12-20(15)29-24(19)28)31(34-23(21)26(30)33)17-9-2-1-3-10-17/h1-14,21-23H. The number of pyridine rings is 1. The second-order valence-electron chi connectivity index (χ2n) is 8.21. The molecule has 0 N–H and O–H groups in total. The molecule has 2 aliphatic heterocycles. The molecule has 168 valence electrons. The predicted octanol–water partition coefficient (Wildman–Crippen LogP) is 5.59. The molecule has 2 amide bonds. The van der Waals surface area contributed by atoms with Crippen molar-refractivity contribution in [3.8, 4) is 0 Å². The Kier molecular flexibility index (Phi) is 5.03. The van der Waals surface area contributed by atoms with Crippen LogP contribution in [-0.4, -0.2) is 22.9 Å². The van der Waals surface area contributed by atoms with E-state index in [9.17, 15) is 9.59 Å². The molecule has 0 saturated carbocycles. The summed E-state index contributed by atoms with van der Waals surface area (Å²) in [5.41, 5.74) is 2.48. The van der Waals surface area contributed by atoms with Gasteiger partial charge in [0.1, 0.15) is 11.1 Å². The summed E-state index contributed by atoms with van der Waals surface area (Å²) in [6.45, 7) is 0. The second kappa shape index (κ2) is 8.09. The van der Waals surface area contributed by atoms with E-state index in [2.05, 4.69) is 4.98 Å². The molecule has 0 bridgehead atoms. The van der Waals surface area contributed by atoms with Crippen LogP contribution in [0.4, 0.5) is 11.4 Å². The summed E-state index contributed by atoms with van der Waals surface area (Å²) in [4.78, 5) is 39.0. The molecule has 2 aliphatic rings. The van der Waals surface area contributed by atoms with Crippen LogP contribution in [0.2, 0.25) is 10.2 Å². The Hall–Kier alpha value is -3.45. The maximum absolute atomic E-state index is 13.7. The van der Waals surface area contributed by atoms with Gasteiger partial charge in [0.2, 0.25) is 5.91 Å². The Bertz CT molecular complexity index is 1450. The first kappa shape index (κ1) is 21.1. The number of rotatable bonds is 3. The average molecular weight is 490 g/mol. The lowest BCUT2D eigenvalue weighted by molar-refractivity contribution is -0.126. The monoisotopic (exact) mass is 489 g/mol. The van der Waals surface area contributed by atoms with E-state index in [1.54, 1.807) is 29.3 Å². The lowest BCUT2D eigenvalue weighted by Crippen LogP contribution is -2.37. The molecular weight excluding hydrogens is 473 g/mol. The Balaban J connectivity index is 1.50. The Morgan fingerprint density at radius 1 is 0.794 bits per heavy atom. The van der Waals surface area contributed by atoms with Crippen molar-refractivity contribution in [1.29, 1.82) is 0 Å². The average Bonchev–Trinajstić information content (AvgIpc) is 3.35. The number of anilines is 2. The SMILES string of the molecule is O=C1C2ON(c3ccccc3)C(c3cc4ccccc4nc3Cl)C2C(=O)N1c1cccc(Cl)c1. The quantitative estimate of drug-likeness (QED) is 0.277. The number of aromatic nitrogens is 1. The number of hydrogen-bond acceptors (Lipinski definition) is 5. The summed E-state index contributed by atoms with van der Waals surface area (Å²) in [5, 5.41) is 3.18. The van der Waals surface area contributed by atoms with E-state index in [0.29, 0.717) is 22.0 Å². The van der Waals surface area contributed by atoms with Gasteiger partial charge in [-0.25, -0.2) is 14.9 Å². The molecule has 8 heteroatoms. The van der Waals surface area contributed by atoms with E-state index in [0.717, 1.165) is 15.8 Å². The highest BCUT2D eigenvalue weighted by Crippen LogP contribution is 2.49. The molecule has 0 spiro atoms. The first-order chi connectivity index (χ1) is 16.5. The van der Waals surface area contributed by atoms with E-state index in [4.69, 9.17) is 28.0 Å². The minimum Gasteiger partial charge on any atom is -0.273 e. The van der Waals surface area contributed by atoms with E-state index >= 15 is 0 Å². The molecule has 3 atom stereocenters. The van der Waals surface area contributed by atoms with Gasteiger partial charge in [0.05, 0.1) is 22.9 Å². The molecule has 1 aromatic heterocycles. The molecule has 6 nitrogen and oxygen atoms in total. The maximum atomic E-state index is 13.7. The number of hydrogen-bond donors (Lipinski definition) is 0. The van der Waals surface area contributed by atoms with Crippen molar-refractivity contribution in [2.45, 2.75) is 12.1 Å². The van der Waals surface area contributed by atoms with Gasteiger partial charge in [-0.15, -0.1) is 0 Å². The fourth-order valence-corrected chi connectivity index (χ4v) is 5.16. The van der Waals surface area contributed by atoms with Crippen molar-refractivity contribution in [1.82, 2.24) is 4.98 Å². The van der Waals surface area contributed by atoms with Crippen molar-refractivity contribution in [3.63, 3.8) is 0 Å². The van der Waals surface area contributed by atoms with Crippen LogP contribution >= 0.6 is 23.2 Å². The highest BCUT2D eigenvalue weighted by Gasteiger charge is 2.60. The molecule has 4 aromatic rings. The number of amides is 2. The lowest BCUT2D eigenvalue weighted by atomic mass is 9.90. The van der Waals surface area contributed by atoms with E-state index in [-0.39, 0.29) is 11.1 Å². The second-order valence-corrected chi connectivity index (χ2v) is 9.01. The van der Waals surface area contributed by atoms with Crippen molar-refractivity contribution < 1.29 is 14.4 Å². The van der Waals surface area contributed by atoms with Gasteiger partial charge in [-0.2, -0.15) is 0 Å². The zero-order valence-electron chi connectivity index (χ0n) is 17.6. The number of carbonyl (C=O) groups excluding carboxylic acids is 2. The largest absolute Gasteiger partial charge is 0.273 e. The van der Waals surface area contributed by atoms with Crippen LogP contribution in [0, 0.1) is 5.92 Å². The minimum absolute atomic E-state index is 0.260. The van der Waals surface area contributed by atoms with Gasteiger partial charge in [-0.05, 0) is 42.5 Å². The number of hydroxylamine groups is 1. The van der Waals surface area contributed by atoms with Crippen LogP contribution in [0.25, 0.3) is 10.9 Å². The molecule has 6 rings (SSSR count). The highest BCUT2D eigenvalue weighted by molar-refractivity contribution is 6.32. The molecule has 2 fully saturated rings. The van der Waals surface area contributed by atoms with Gasteiger partial charge in [0.25, 0.3) is 5.91 Å². The van der Waals surface area contributed by atoms with Crippen LogP contribution in [0.3, 0.4) is 0 Å². The number of halogens is 2. The first-order valence-electron chi connectivity index (χ1n) is 10.7. The normalized spacial score (nSPS) is 22.0. The van der Waals surface area contributed by atoms with E-state index in [1.807, 2.05) is 60.7 Å². The maximum Gasteiger partial charge on any atom is 0.266 e. The van der Waals surface area contributed by atoms with Crippen molar-refractivity contribution >= 4 is 57.3 Å². The third-order valence-electron chi connectivity index (χ3n) is 6.22. The van der Waals surface area contributed by atoms with Gasteiger partial charge in [-0.1, -0.05) is 65.7 Å².